The van der Waals surface area contributed by atoms with Crippen LogP contribution < -0.4 is 15.3 Å². The summed E-state index contributed by atoms with van der Waals surface area (Å²) in [7, 11) is 1.59. The standard InChI is InChI=1S/C12H16N6O2/c1-20-9-2-5-13-11(14-9)18-6-3-8(4-7-18)10-15-12(19)17-16-10/h2,5,8H,3-4,6-7H2,1H3,(H2,15,16,17,19). The summed E-state index contributed by atoms with van der Waals surface area (Å²) >= 11 is 0. The lowest BCUT2D eigenvalue weighted by Crippen LogP contribution is -2.34. The Morgan fingerprint density at radius 1 is 1.40 bits per heavy atom. The minimum absolute atomic E-state index is 0.251. The van der Waals surface area contributed by atoms with E-state index < -0.39 is 0 Å². The van der Waals surface area contributed by atoms with Crippen molar-refractivity contribution in [2.45, 2.75) is 18.8 Å². The van der Waals surface area contributed by atoms with Gasteiger partial charge in [0.1, 0.15) is 5.82 Å². The summed E-state index contributed by atoms with van der Waals surface area (Å²) in [5.74, 6) is 2.25. The van der Waals surface area contributed by atoms with Crippen molar-refractivity contribution in [1.82, 2.24) is 25.1 Å². The smallest absolute Gasteiger partial charge is 0.340 e. The van der Waals surface area contributed by atoms with Gasteiger partial charge in [-0.05, 0) is 12.8 Å². The molecule has 3 rings (SSSR count). The first-order valence-corrected chi connectivity index (χ1v) is 6.53. The number of aromatic amines is 2. The summed E-state index contributed by atoms with van der Waals surface area (Å²) in [6, 6.07) is 1.73. The molecule has 106 valence electrons. The van der Waals surface area contributed by atoms with Crippen molar-refractivity contribution in [3.8, 4) is 5.88 Å². The number of rotatable bonds is 3. The van der Waals surface area contributed by atoms with Crippen LogP contribution in [0.5, 0.6) is 5.88 Å². The van der Waals surface area contributed by atoms with Crippen molar-refractivity contribution in [2.24, 2.45) is 0 Å². The Kier molecular flexibility index (Phi) is 3.36. The van der Waals surface area contributed by atoms with Gasteiger partial charge in [-0.1, -0.05) is 0 Å². The summed E-state index contributed by atoms with van der Waals surface area (Å²) in [5, 5.41) is 6.41. The highest BCUT2D eigenvalue weighted by Gasteiger charge is 2.24. The first-order chi connectivity index (χ1) is 9.76. The Morgan fingerprint density at radius 3 is 2.85 bits per heavy atom. The molecule has 1 aliphatic rings. The Morgan fingerprint density at radius 2 is 2.20 bits per heavy atom. The van der Waals surface area contributed by atoms with Gasteiger partial charge in [0, 0.05) is 31.3 Å². The molecule has 1 saturated heterocycles. The molecule has 0 aliphatic carbocycles. The first-order valence-electron chi connectivity index (χ1n) is 6.53. The highest BCUT2D eigenvalue weighted by Crippen LogP contribution is 2.26. The molecule has 2 aromatic heterocycles. The molecule has 0 aromatic carbocycles. The third kappa shape index (κ3) is 2.49. The molecule has 8 heteroatoms. The minimum atomic E-state index is -0.251. The second-order valence-corrected chi connectivity index (χ2v) is 4.72. The third-order valence-electron chi connectivity index (χ3n) is 3.51. The number of aromatic nitrogens is 5. The molecule has 0 amide bonds. The van der Waals surface area contributed by atoms with Crippen LogP contribution in [0.3, 0.4) is 0 Å². The molecule has 0 bridgehead atoms. The third-order valence-corrected chi connectivity index (χ3v) is 3.51. The van der Waals surface area contributed by atoms with Crippen molar-refractivity contribution in [1.29, 1.82) is 0 Å². The van der Waals surface area contributed by atoms with E-state index in [2.05, 4.69) is 30.0 Å². The SMILES string of the molecule is COc1ccnc(N2CCC(c3n[nH]c(=O)[nH]3)CC2)n1. The molecule has 0 radical (unpaired) electrons. The maximum absolute atomic E-state index is 11.1. The van der Waals surface area contributed by atoms with Gasteiger partial charge in [-0.15, -0.1) is 0 Å². The van der Waals surface area contributed by atoms with Crippen LogP contribution in [0, 0.1) is 0 Å². The number of piperidine rings is 1. The summed E-state index contributed by atoms with van der Waals surface area (Å²) in [5.41, 5.74) is -0.251. The molecule has 1 aliphatic heterocycles. The van der Waals surface area contributed by atoms with Gasteiger partial charge in [0.25, 0.3) is 0 Å². The highest BCUT2D eigenvalue weighted by molar-refractivity contribution is 5.33. The molecule has 20 heavy (non-hydrogen) atoms. The van der Waals surface area contributed by atoms with Crippen LogP contribution in [-0.2, 0) is 0 Å². The lowest BCUT2D eigenvalue weighted by molar-refractivity contribution is 0.395. The van der Waals surface area contributed by atoms with Gasteiger partial charge in [0.15, 0.2) is 0 Å². The van der Waals surface area contributed by atoms with Gasteiger partial charge in [-0.2, -0.15) is 10.1 Å². The van der Waals surface area contributed by atoms with Gasteiger partial charge in [-0.3, -0.25) is 4.98 Å². The van der Waals surface area contributed by atoms with Gasteiger partial charge >= 0.3 is 5.69 Å². The summed E-state index contributed by atoms with van der Waals surface area (Å²) in [6.45, 7) is 1.65. The van der Waals surface area contributed by atoms with Crippen LogP contribution in [0.2, 0.25) is 0 Å². The number of hydrogen-bond acceptors (Lipinski definition) is 6. The van der Waals surface area contributed by atoms with Crippen LogP contribution in [0.25, 0.3) is 0 Å². The molecule has 0 spiro atoms. The predicted molar refractivity (Wildman–Crippen MR) is 72.0 cm³/mol. The average molecular weight is 276 g/mol. The number of hydrogen-bond donors (Lipinski definition) is 2. The fourth-order valence-corrected chi connectivity index (χ4v) is 2.43. The lowest BCUT2D eigenvalue weighted by Gasteiger charge is -2.30. The number of ether oxygens (including phenoxy) is 1. The van der Waals surface area contributed by atoms with E-state index in [9.17, 15) is 4.79 Å². The summed E-state index contributed by atoms with van der Waals surface area (Å²) in [6.07, 6.45) is 3.50. The fraction of sp³-hybridized carbons (Fsp3) is 0.500. The normalized spacial score (nSPS) is 16.4. The quantitative estimate of drug-likeness (QED) is 0.835. The van der Waals surface area contributed by atoms with E-state index in [1.807, 2.05) is 0 Å². The van der Waals surface area contributed by atoms with E-state index in [1.54, 1.807) is 19.4 Å². The largest absolute Gasteiger partial charge is 0.481 e. The topological polar surface area (TPSA) is 99.8 Å². The first kappa shape index (κ1) is 12.6. The Hall–Kier alpha value is -2.38. The van der Waals surface area contributed by atoms with Crippen molar-refractivity contribution in [3.63, 3.8) is 0 Å². The van der Waals surface area contributed by atoms with Crippen molar-refractivity contribution in [3.05, 3.63) is 28.6 Å². The highest BCUT2D eigenvalue weighted by atomic mass is 16.5. The number of nitrogens with zero attached hydrogens (tertiary/aromatic N) is 4. The zero-order valence-electron chi connectivity index (χ0n) is 11.2. The van der Waals surface area contributed by atoms with Gasteiger partial charge in [0.05, 0.1) is 7.11 Å². The predicted octanol–water partition coefficient (Wildman–Crippen LogP) is 0.281. The zero-order valence-corrected chi connectivity index (χ0v) is 11.2. The maximum atomic E-state index is 11.1. The molecule has 0 unspecified atom stereocenters. The summed E-state index contributed by atoms with van der Waals surface area (Å²) in [4.78, 5) is 24.5. The number of anilines is 1. The van der Waals surface area contributed by atoms with E-state index in [1.165, 1.54) is 0 Å². The van der Waals surface area contributed by atoms with E-state index in [-0.39, 0.29) is 11.6 Å². The minimum Gasteiger partial charge on any atom is -0.481 e. The second kappa shape index (κ2) is 5.32. The van der Waals surface area contributed by atoms with Crippen LogP contribution in [-0.4, -0.2) is 45.3 Å². The Bertz CT molecular complexity index is 629. The van der Waals surface area contributed by atoms with Gasteiger partial charge in [0.2, 0.25) is 11.8 Å². The second-order valence-electron chi connectivity index (χ2n) is 4.72. The van der Waals surface area contributed by atoms with Crippen LogP contribution in [0.4, 0.5) is 5.95 Å². The number of nitrogens with one attached hydrogen (secondary N) is 2. The molecule has 3 heterocycles. The number of methoxy groups -OCH3 is 1. The lowest BCUT2D eigenvalue weighted by atomic mass is 9.96. The van der Waals surface area contributed by atoms with E-state index in [0.717, 1.165) is 31.8 Å². The zero-order chi connectivity index (χ0) is 13.9. The molecule has 8 nitrogen and oxygen atoms in total. The average Bonchev–Trinajstić information content (AvgIpc) is 2.94. The Balaban J connectivity index is 1.67. The van der Waals surface area contributed by atoms with Crippen molar-refractivity contribution in [2.75, 3.05) is 25.1 Å². The van der Waals surface area contributed by atoms with Crippen LogP contribution >= 0.6 is 0 Å². The van der Waals surface area contributed by atoms with E-state index in [4.69, 9.17) is 4.74 Å². The molecular formula is C12H16N6O2. The maximum Gasteiger partial charge on any atom is 0.340 e. The van der Waals surface area contributed by atoms with E-state index >= 15 is 0 Å². The molecule has 0 saturated carbocycles. The molecule has 0 atom stereocenters. The van der Waals surface area contributed by atoms with Crippen molar-refractivity contribution >= 4 is 5.95 Å². The van der Waals surface area contributed by atoms with Crippen molar-refractivity contribution < 1.29 is 4.74 Å². The van der Waals surface area contributed by atoms with Crippen LogP contribution in [0.15, 0.2) is 17.1 Å². The van der Waals surface area contributed by atoms with Gasteiger partial charge < -0.3 is 9.64 Å². The number of H-pyrrole nitrogens is 2. The molecule has 1 fully saturated rings. The molecule has 2 N–H and O–H groups in total. The summed E-state index contributed by atoms with van der Waals surface area (Å²) < 4.78 is 5.11. The van der Waals surface area contributed by atoms with E-state index in [0.29, 0.717) is 11.8 Å². The van der Waals surface area contributed by atoms with Crippen LogP contribution in [0.1, 0.15) is 24.6 Å². The Labute approximate surface area is 115 Å². The molecule has 2 aromatic rings. The molecular weight excluding hydrogens is 260 g/mol. The van der Waals surface area contributed by atoms with Gasteiger partial charge in [-0.25, -0.2) is 14.9 Å². The monoisotopic (exact) mass is 276 g/mol. The fourth-order valence-electron chi connectivity index (χ4n) is 2.43.